The standard InChI is InChI=1S/C45H46FN5O5S/c46-32-5-3-30(4-6-32)43-42(38-14-10-35(52)27-40(38)57-43)56-36-11-7-33(8-12-36)50-24-22-48(23-25-50)19-1-2-29-17-20-49(21-18-29)34-9-13-37-31(26-34)28-51(45(37)55)39-15-16-41(53)47-44(39)54/h3-14,26-27,29,39,52H,1-2,15-25,28H2,(H,47,53,54). The summed E-state index contributed by atoms with van der Waals surface area (Å²) < 4.78 is 21.1. The number of aromatic hydroxyl groups is 1. The number of hydrogen-bond donors (Lipinski definition) is 2. The molecular weight excluding hydrogens is 742 g/mol. The Hall–Kier alpha value is -5.46. The van der Waals surface area contributed by atoms with E-state index in [2.05, 4.69) is 38.2 Å². The van der Waals surface area contributed by atoms with Crippen LogP contribution in [0.5, 0.6) is 17.2 Å². The van der Waals surface area contributed by atoms with Gasteiger partial charge in [0.1, 0.15) is 23.4 Å². The third-order valence-corrected chi connectivity index (χ3v) is 13.3. The number of nitrogens with zero attached hydrogens (tertiary/aromatic N) is 4. The lowest BCUT2D eigenvalue weighted by atomic mass is 9.91. The summed E-state index contributed by atoms with van der Waals surface area (Å²) in [5.74, 6) is 1.27. The summed E-state index contributed by atoms with van der Waals surface area (Å²) in [7, 11) is 0. The van der Waals surface area contributed by atoms with Crippen molar-refractivity contribution in [2.75, 3.05) is 55.6 Å². The van der Waals surface area contributed by atoms with E-state index in [1.807, 2.05) is 30.3 Å². The molecule has 5 heterocycles. The maximum atomic E-state index is 13.7. The van der Waals surface area contributed by atoms with Crippen molar-refractivity contribution >= 4 is 50.5 Å². The number of piperazine rings is 1. The Balaban J connectivity index is 0.725. The molecule has 1 aromatic heterocycles. The third-order valence-electron chi connectivity index (χ3n) is 12.1. The fourth-order valence-corrected chi connectivity index (χ4v) is 10.0. The van der Waals surface area contributed by atoms with E-state index >= 15 is 0 Å². The molecule has 4 aromatic carbocycles. The van der Waals surface area contributed by atoms with Crippen molar-refractivity contribution in [1.29, 1.82) is 0 Å². The van der Waals surface area contributed by atoms with Crippen LogP contribution in [0.4, 0.5) is 15.8 Å². The number of hydrogen-bond acceptors (Lipinski definition) is 9. The number of benzene rings is 4. The Morgan fingerprint density at radius 1 is 0.807 bits per heavy atom. The van der Waals surface area contributed by atoms with Crippen molar-refractivity contribution < 1.29 is 28.6 Å². The predicted molar refractivity (Wildman–Crippen MR) is 221 cm³/mol. The van der Waals surface area contributed by atoms with Gasteiger partial charge in [0.25, 0.3) is 5.91 Å². The van der Waals surface area contributed by atoms with Gasteiger partial charge in [0.15, 0.2) is 5.75 Å². The monoisotopic (exact) mass is 787 g/mol. The molecule has 294 valence electrons. The summed E-state index contributed by atoms with van der Waals surface area (Å²) in [5, 5.41) is 13.4. The molecule has 5 aromatic rings. The molecule has 12 heteroatoms. The second-order valence-corrected chi connectivity index (χ2v) is 16.7. The third kappa shape index (κ3) is 7.80. The Bertz CT molecular complexity index is 2300. The number of amides is 3. The summed E-state index contributed by atoms with van der Waals surface area (Å²) in [6.45, 7) is 7.55. The van der Waals surface area contributed by atoms with Gasteiger partial charge < -0.3 is 24.5 Å². The minimum Gasteiger partial charge on any atom is -0.508 e. The van der Waals surface area contributed by atoms with Crippen LogP contribution in [0.25, 0.3) is 20.5 Å². The number of anilines is 2. The summed E-state index contributed by atoms with van der Waals surface area (Å²) in [4.78, 5) is 47.1. The number of piperidine rings is 2. The molecule has 3 amide bonds. The molecule has 3 saturated heterocycles. The van der Waals surface area contributed by atoms with Crippen molar-refractivity contribution in [3.63, 3.8) is 0 Å². The first kappa shape index (κ1) is 37.1. The molecule has 57 heavy (non-hydrogen) atoms. The van der Waals surface area contributed by atoms with Gasteiger partial charge in [-0.1, -0.05) is 12.1 Å². The Morgan fingerprint density at radius 2 is 1.54 bits per heavy atom. The first-order chi connectivity index (χ1) is 27.8. The molecule has 0 radical (unpaired) electrons. The number of imide groups is 1. The number of rotatable bonds is 10. The number of fused-ring (bicyclic) bond motifs is 2. The lowest BCUT2D eigenvalue weighted by Crippen LogP contribution is -2.52. The average Bonchev–Trinajstić information content (AvgIpc) is 3.74. The molecule has 4 aliphatic rings. The quantitative estimate of drug-likeness (QED) is 0.138. The van der Waals surface area contributed by atoms with E-state index in [1.165, 1.54) is 42.0 Å². The first-order valence-electron chi connectivity index (χ1n) is 20.0. The van der Waals surface area contributed by atoms with E-state index in [4.69, 9.17) is 4.74 Å². The van der Waals surface area contributed by atoms with Crippen molar-refractivity contribution in [3.05, 3.63) is 102 Å². The molecule has 1 atom stereocenters. The second-order valence-electron chi connectivity index (χ2n) is 15.7. The number of carbonyl (C=O) groups excluding carboxylic acids is 3. The van der Waals surface area contributed by atoms with Crippen LogP contribution in [0, 0.1) is 11.7 Å². The Kier molecular flexibility index (Phi) is 10.3. The van der Waals surface area contributed by atoms with Gasteiger partial charge in [-0.25, -0.2) is 4.39 Å². The summed E-state index contributed by atoms with van der Waals surface area (Å²) in [6.07, 6.45) is 5.38. The maximum absolute atomic E-state index is 13.7. The summed E-state index contributed by atoms with van der Waals surface area (Å²) in [5.41, 5.74) is 4.79. The molecule has 0 spiro atoms. The molecule has 0 saturated carbocycles. The highest BCUT2D eigenvalue weighted by Crippen LogP contribution is 2.47. The van der Waals surface area contributed by atoms with Crippen LogP contribution < -0.4 is 19.9 Å². The van der Waals surface area contributed by atoms with E-state index in [9.17, 15) is 23.9 Å². The fourth-order valence-electron chi connectivity index (χ4n) is 8.87. The minimum absolute atomic E-state index is 0.127. The van der Waals surface area contributed by atoms with Gasteiger partial charge in [-0.3, -0.25) is 24.6 Å². The molecule has 0 bridgehead atoms. The summed E-state index contributed by atoms with van der Waals surface area (Å²) >= 11 is 1.51. The molecule has 1 unspecified atom stereocenters. The van der Waals surface area contributed by atoms with Crippen LogP contribution in [0.3, 0.4) is 0 Å². The zero-order valence-corrected chi connectivity index (χ0v) is 32.6. The van der Waals surface area contributed by atoms with Crippen LogP contribution in [-0.4, -0.2) is 84.5 Å². The number of carbonyl (C=O) groups is 3. The second kappa shape index (κ2) is 15.8. The van der Waals surface area contributed by atoms with Gasteiger partial charge in [0, 0.05) is 79.3 Å². The van der Waals surface area contributed by atoms with Crippen molar-refractivity contribution in [2.24, 2.45) is 5.92 Å². The largest absolute Gasteiger partial charge is 0.508 e. The van der Waals surface area contributed by atoms with E-state index in [0.29, 0.717) is 30.2 Å². The highest BCUT2D eigenvalue weighted by Gasteiger charge is 2.39. The lowest BCUT2D eigenvalue weighted by molar-refractivity contribution is -0.136. The molecular formula is C45H46FN5O5S. The van der Waals surface area contributed by atoms with E-state index in [0.717, 1.165) is 96.2 Å². The van der Waals surface area contributed by atoms with Gasteiger partial charge in [-0.2, -0.15) is 0 Å². The molecule has 9 rings (SSSR count). The van der Waals surface area contributed by atoms with Gasteiger partial charge in [0.2, 0.25) is 11.8 Å². The van der Waals surface area contributed by atoms with Crippen LogP contribution >= 0.6 is 11.3 Å². The van der Waals surface area contributed by atoms with Crippen molar-refractivity contribution in [1.82, 2.24) is 15.1 Å². The number of ether oxygens (including phenoxy) is 1. The number of phenolic OH excluding ortho intramolecular Hbond substituents is 1. The number of nitrogens with one attached hydrogen (secondary N) is 1. The average molecular weight is 788 g/mol. The van der Waals surface area contributed by atoms with Crippen molar-refractivity contribution in [3.8, 4) is 27.7 Å². The maximum Gasteiger partial charge on any atom is 0.255 e. The van der Waals surface area contributed by atoms with E-state index in [1.54, 1.807) is 29.2 Å². The van der Waals surface area contributed by atoms with E-state index in [-0.39, 0.29) is 35.7 Å². The van der Waals surface area contributed by atoms with Crippen LogP contribution in [-0.2, 0) is 16.1 Å². The highest BCUT2D eigenvalue weighted by molar-refractivity contribution is 7.22. The summed E-state index contributed by atoms with van der Waals surface area (Å²) in [6, 6.07) is 25.4. The zero-order chi connectivity index (χ0) is 39.0. The molecule has 2 N–H and O–H groups in total. The SMILES string of the molecule is O=C1CCC(N2Cc3cc(N4CCC(CCCN5CCN(c6ccc(Oc7c(-c8ccc(F)cc8)sc8cc(O)ccc78)cc6)CC5)CC4)ccc3C2=O)C(=O)N1. The number of phenols is 1. The molecule has 0 aliphatic carbocycles. The molecule has 3 fully saturated rings. The van der Waals surface area contributed by atoms with Crippen LogP contribution in [0.1, 0.15) is 54.4 Å². The minimum atomic E-state index is -0.590. The highest BCUT2D eigenvalue weighted by atomic mass is 32.1. The van der Waals surface area contributed by atoms with Gasteiger partial charge in [0.05, 0.1) is 4.88 Å². The van der Waals surface area contributed by atoms with Crippen LogP contribution in [0.2, 0.25) is 0 Å². The Morgan fingerprint density at radius 3 is 2.30 bits per heavy atom. The lowest BCUT2D eigenvalue weighted by Gasteiger charge is -2.37. The molecule has 4 aliphatic heterocycles. The van der Waals surface area contributed by atoms with E-state index < -0.39 is 6.04 Å². The smallest absolute Gasteiger partial charge is 0.255 e. The van der Waals surface area contributed by atoms with Gasteiger partial charge in [-0.05, 0) is 128 Å². The number of thiophene rings is 1. The normalized spacial score (nSPS) is 19.4. The zero-order valence-electron chi connectivity index (χ0n) is 31.8. The molecule has 10 nitrogen and oxygen atoms in total. The van der Waals surface area contributed by atoms with Gasteiger partial charge >= 0.3 is 0 Å². The van der Waals surface area contributed by atoms with Gasteiger partial charge in [-0.15, -0.1) is 11.3 Å². The predicted octanol–water partition coefficient (Wildman–Crippen LogP) is 7.79. The fraction of sp³-hybridized carbons (Fsp3) is 0.356. The first-order valence-corrected chi connectivity index (χ1v) is 20.9. The number of halogens is 1. The van der Waals surface area contributed by atoms with Crippen LogP contribution in [0.15, 0.2) is 84.9 Å². The topological polar surface area (TPSA) is 106 Å². The van der Waals surface area contributed by atoms with Crippen molar-refractivity contribution in [2.45, 2.75) is 51.1 Å². The Labute approximate surface area is 335 Å².